The molecule has 0 saturated heterocycles. The van der Waals surface area contributed by atoms with Crippen LogP contribution in [0.5, 0.6) is 0 Å². The predicted molar refractivity (Wildman–Crippen MR) is 70.7 cm³/mol. The molecule has 0 aromatic heterocycles. The first-order chi connectivity index (χ1) is 8.91. The van der Waals surface area contributed by atoms with Crippen LogP contribution in [0.3, 0.4) is 0 Å². The zero-order valence-corrected chi connectivity index (χ0v) is 11.2. The van der Waals surface area contributed by atoms with Gasteiger partial charge in [-0.1, -0.05) is 13.3 Å². The van der Waals surface area contributed by atoms with E-state index in [0.29, 0.717) is 12.1 Å². The minimum absolute atomic E-state index is 0.136. The lowest BCUT2D eigenvalue weighted by molar-refractivity contribution is -0.116. The number of anilines is 1. The minimum Gasteiger partial charge on any atom is -0.282 e. The van der Waals surface area contributed by atoms with Gasteiger partial charge in [-0.2, -0.15) is 13.5 Å². The van der Waals surface area contributed by atoms with Crippen molar-refractivity contribution in [1.29, 1.82) is 0 Å². The third kappa shape index (κ3) is 2.99. The van der Waals surface area contributed by atoms with Crippen molar-refractivity contribution in [2.75, 3.05) is 5.01 Å². The van der Waals surface area contributed by atoms with E-state index in [0.717, 1.165) is 18.6 Å². The van der Waals surface area contributed by atoms with E-state index in [1.165, 1.54) is 29.3 Å². The standard InChI is InChI=1S/C12H14N2O4S/c1-2-3-9-8-12(15)14(13-9)10-4-6-11(7-5-10)19(16,17)18/h4-7H,2-3,8H2,1H3,(H,16,17,18). The van der Waals surface area contributed by atoms with Crippen molar-refractivity contribution < 1.29 is 17.8 Å². The lowest BCUT2D eigenvalue weighted by Crippen LogP contribution is -2.19. The molecule has 0 spiro atoms. The molecule has 0 aliphatic carbocycles. The Labute approximate surface area is 111 Å². The van der Waals surface area contributed by atoms with Gasteiger partial charge in [-0.15, -0.1) is 0 Å². The Morgan fingerprint density at radius 1 is 1.32 bits per heavy atom. The van der Waals surface area contributed by atoms with Crippen molar-refractivity contribution in [2.24, 2.45) is 5.10 Å². The molecule has 102 valence electrons. The maximum absolute atomic E-state index is 11.8. The zero-order chi connectivity index (χ0) is 14.0. The summed E-state index contributed by atoms with van der Waals surface area (Å²) in [6.07, 6.45) is 1.99. The molecule has 0 bridgehead atoms. The molecule has 1 heterocycles. The molecule has 0 atom stereocenters. The minimum atomic E-state index is -4.22. The molecule has 1 aromatic carbocycles. The maximum Gasteiger partial charge on any atom is 0.294 e. The van der Waals surface area contributed by atoms with E-state index in [1.54, 1.807) is 0 Å². The van der Waals surface area contributed by atoms with Crippen LogP contribution in [-0.2, 0) is 14.9 Å². The third-order valence-corrected chi connectivity index (χ3v) is 3.62. The summed E-state index contributed by atoms with van der Waals surface area (Å²) in [4.78, 5) is 11.6. The molecule has 0 radical (unpaired) electrons. The van der Waals surface area contributed by atoms with Gasteiger partial charge >= 0.3 is 0 Å². The molecule has 0 saturated carbocycles. The summed E-state index contributed by atoms with van der Waals surface area (Å²) in [7, 11) is -4.22. The van der Waals surface area contributed by atoms with Gasteiger partial charge in [-0.3, -0.25) is 9.35 Å². The van der Waals surface area contributed by atoms with Crippen LogP contribution >= 0.6 is 0 Å². The second-order valence-corrected chi connectivity index (χ2v) is 5.69. The van der Waals surface area contributed by atoms with Crippen molar-refractivity contribution in [3.63, 3.8) is 0 Å². The number of amides is 1. The molecule has 1 aromatic rings. The third-order valence-electron chi connectivity index (χ3n) is 2.75. The molecule has 0 fully saturated rings. The van der Waals surface area contributed by atoms with Gasteiger partial charge in [0.1, 0.15) is 0 Å². The second-order valence-electron chi connectivity index (χ2n) is 4.27. The molecule has 2 rings (SSSR count). The van der Waals surface area contributed by atoms with E-state index in [1.807, 2.05) is 6.92 Å². The summed E-state index contributed by atoms with van der Waals surface area (Å²) in [5.41, 5.74) is 1.31. The molecular weight excluding hydrogens is 268 g/mol. The lowest BCUT2D eigenvalue weighted by atomic mass is 10.2. The average molecular weight is 282 g/mol. The Morgan fingerprint density at radius 3 is 2.47 bits per heavy atom. The first-order valence-corrected chi connectivity index (χ1v) is 7.32. The average Bonchev–Trinajstić information content (AvgIpc) is 2.70. The highest BCUT2D eigenvalue weighted by molar-refractivity contribution is 7.85. The van der Waals surface area contributed by atoms with E-state index in [9.17, 15) is 13.2 Å². The maximum atomic E-state index is 11.8. The molecule has 6 nitrogen and oxygen atoms in total. The number of hydrazone groups is 1. The largest absolute Gasteiger partial charge is 0.294 e. The fourth-order valence-electron chi connectivity index (χ4n) is 1.87. The monoisotopic (exact) mass is 282 g/mol. The Bertz CT molecular complexity index is 620. The summed E-state index contributed by atoms with van der Waals surface area (Å²) in [6.45, 7) is 2.01. The normalized spacial score (nSPS) is 15.8. The van der Waals surface area contributed by atoms with E-state index < -0.39 is 10.1 Å². The molecule has 1 aliphatic rings. The first kappa shape index (κ1) is 13.7. The molecular formula is C12H14N2O4S. The molecule has 0 unspecified atom stereocenters. The summed E-state index contributed by atoms with van der Waals surface area (Å²) in [6, 6.07) is 5.37. The van der Waals surface area contributed by atoms with Gasteiger partial charge in [0.05, 0.1) is 17.0 Å². The highest BCUT2D eigenvalue weighted by atomic mass is 32.2. The summed E-state index contributed by atoms with van der Waals surface area (Å²) in [5.74, 6) is -0.136. The lowest BCUT2D eigenvalue weighted by Gasteiger charge is -2.11. The zero-order valence-electron chi connectivity index (χ0n) is 10.4. The van der Waals surface area contributed by atoms with Gasteiger partial charge in [0.15, 0.2) is 0 Å². The number of benzene rings is 1. The van der Waals surface area contributed by atoms with Crippen LogP contribution in [0.2, 0.25) is 0 Å². The van der Waals surface area contributed by atoms with Gasteiger partial charge < -0.3 is 0 Å². The van der Waals surface area contributed by atoms with Crippen molar-refractivity contribution in [2.45, 2.75) is 31.1 Å². The SMILES string of the molecule is CCCC1=NN(c2ccc(S(=O)(=O)O)cc2)C(=O)C1. The molecule has 7 heteroatoms. The van der Waals surface area contributed by atoms with Gasteiger partial charge in [0, 0.05) is 5.71 Å². The smallest absolute Gasteiger partial charge is 0.282 e. The van der Waals surface area contributed by atoms with Crippen LogP contribution in [0.15, 0.2) is 34.3 Å². The summed E-state index contributed by atoms with van der Waals surface area (Å²) >= 11 is 0. The van der Waals surface area contributed by atoms with Crippen LogP contribution in [0.1, 0.15) is 26.2 Å². The number of hydrogen-bond donors (Lipinski definition) is 1. The van der Waals surface area contributed by atoms with E-state index in [2.05, 4.69) is 5.10 Å². The van der Waals surface area contributed by atoms with Gasteiger partial charge in [-0.05, 0) is 30.7 Å². The van der Waals surface area contributed by atoms with E-state index >= 15 is 0 Å². The topological polar surface area (TPSA) is 87.0 Å². The van der Waals surface area contributed by atoms with Crippen LogP contribution < -0.4 is 5.01 Å². The van der Waals surface area contributed by atoms with E-state index in [4.69, 9.17) is 4.55 Å². The van der Waals surface area contributed by atoms with Crippen molar-refractivity contribution >= 4 is 27.4 Å². The van der Waals surface area contributed by atoms with Gasteiger partial charge in [-0.25, -0.2) is 5.01 Å². The van der Waals surface area contributed by atoms with Gasteiger partial charge in [0.25, 0.3) is 16.0 Å². The van der Waals surface area contributed by atoms with Crippen molar-refractivity contribution in [3.8, 4) is 0 Å². The predicted octanol–water partition coefficient (Wildman–Crippen LogP) is 1.83. The van der Waals surface area contributed by atoms with Crippen LogP contribution in [-0.4, -0.2) is 24.6 Å². The fourth-order valence-corrected chi connectivity index (χ4v) is 2.35. The Hall–Kier alpha value is -1.73. The number of carbonyl (C=O) groups is 1. The Kier molecular flexibility index (Phi) is 3.68. The van der Waals surface area contributed by atoms with Crippen molar-refractivity contribution in [3.05, 3.63) is 24.3 Å². The highest BCUT2D eigenvalue weighted by Gasteiger charge is 2.24. The van der Waals surface area contributed by atoms with Crippen LogP contribution in [0.4, 0.5) is 5.69 Å². The highest BCUT2D eigenvalue weighted by Crippen LogP contribution is 2.23. The quantitative estimate of drug-likeness (QED) is 0.853. The number of hydrogen-bond acceptors (Lipinski definition) is 4. The fraction of sp³-hybridized carbons (Fsp3) is 0.333. The van der Waals surface area contributed by atoms with Crippen LogP contribution in [0.25, 0.3) is 0 Å². The van der Waals surface area contributed by atoms with Crippen molar-refractivity contribution in [1.82, 2.24) is 0 Å². The summed E-state index contributed by atoms with van der Waals surface area (Å²) in [5, 5.41) is 5.47. The number of rotatable bonds is 4. The van der Waals surface area contributed by atoms with E-state index in [-0.39, 0.29) is 10.8 Å². The Balaban J connectivity index is 2.26. The molecule has 1 aliphatic heterocycles. The molecule has 1 N–H and O–H groups in total. The Morgan fingerprint density at radius 2 is 1.95 bits per heavy atom. The number of nitrogens with zero attached hydrogens (tertiary/aromatic N) is 2. The molecule has 1 amide bonds. The first-order valence-electron chi connectivity index (χ1n) is 5.88. The second kappa shape index (κ2) is 5.10. The summed E-state index contributed by atoms with van der Waals surface area (Å²) < 4.78 is 30.7. The van der Waals surface area contributed by atoms with Crippen LogP contribution in [0, 0.1) is 0 Å². The molecule has 19 heavy (non-hydrogen) atoms. The van der Waals surface area contributed by atoms with Gasteiger partial charge in [0.2, 0.25) is 0 Å². The number of carbonyl (C=O) groups excluding carboxylic acids is 1.